The summed E-state index contributed by atoms with van der Waals surface area (Å²) < 4.78 is 5.24. The average molecular weight is 394 g/mol. The molecule has 5 heteroatoms. The van der Waals surface area contributed by atoms with Crippen molar-refractivity contribution in [3.05, 3.63) is 60.2 Å². The Kier molecular flexibility index (Phi) is 6.35. The maximum atomic E-state index is 13.1. The minimum absolute atomic E-state index is 0.139. The highest BCUT2D eigenvalue weighted by molar-refractivity contribution is 5.79. The van der Waals surface area contributed by atoms with Gasteiger partial charge in [0.1, 0.15) is 5.75 Å². The molecule has 0 N–H and O–H groups in total. The van der Waals surface area contributed by atoms with Crippen LogP contribution in [0.15, 0.2) is 54.6 Å². The van der Waals surface area contributed by atoms with Gasteiger partial charge in [-0.1, -0.05) is 30.3 Å². The van der Waals surface area contributed by atoms with Crippen molar-refractivity contribution < 1.29 is 9.53 Å². The van der Waals surface area contributed by atoms with Crippen LogP contribution in [-0.2, 0) is 11.3 Å². The quantitative estimate of drug-likeness (QED) is 0.781. The monoisotopic (exact) mass is 393 g/mol. The number of likely N-dealkylation sites (tertiary alicyclic amines) is 1. The van der Waals surface area contributed by atoms with Crippen LogP contribution in [0.5, 0.6) is 5.75 Å². The van der Waals surface area contributed by atoms with Crippen molar-refractivity contribution in [1.29, 1.82) is 0 Å². The van der Waals surface area contributed by atoms with Gasteiger partial charge in [0.15, 0.2) is 0 Å². The maximum Gasteiger partial charge on any atom is 0.227 e. The lowest BCUT2D eigenvalue weighted by Crippen LogP contribution is -2.52. The van der Waals surface area contributed by atoms with Gasteiger partial charge < -0.3 is 14.5 Å². The van der Waals surface area contributed by atoms with E-state index in [9.17, 15) is 4.79 Å². The van der Waals surface area contributed by atoms with Gasteiger partial charge in [-0.15, -0.1) is 0 Å². The van der Waals surface area contributed by atoms with E-state index in [0.29, 0.717) is 5.91 Å². The lowest BCUT2D eigenvalue weighted by atomic mass is 9.95. The Morgan fingerprint density at radius 2 is 1.69 bits per heavy atom. The zero-order chi connectivity index (χ0) is 20.1. The van der Waals surface area contributed by atoms with Crippen molar-refractivity contribution in [3.63, 3.8) is 0 Å². The summed E-state index contributed by atoms with van der Waals surface area (Å²) in [5.74, 6) is 1.36. The second kappa shape index (κ2) is 9.31. The summed E-state index contributed by atoms with van der Waals surface area (Å²) in [6.45, 7) is 6.29. The molecule has 0 radical (unpaired) electrons. The Labute approximate surface area is 173 Å². The molecule has 0 saturated carbocycles. The van der Waals surface area contributed by atoms with Gasteiger partial charge in [-0.2, -0.15) is 0 Å². The number of piperazine rings is 1. The first kappa shape index (κ1) is 19.8. The summed E-state index contributed by atoms with van der Waals surface area (Å²) in [7, 11) is 1.69. The third-order valence-corrected chi connectivity index (χ3v) is 6.13. The van der Waals surface area contributed by atoms with Gasteiger partial charge in [-0.3, -0.25) is 9.69 Å². The molecule has 2 fully saturated rings. The number of piperidine rings is 1. The minimum atomic E-state index is 0.139. The summed E-state index contributed by atoms with van der Waals surface area (Å²) in [6, 6.07) is 18.8. The van der Waals surface area contributed by atoms with E-state index < -0.39 is 0 Å². The molecule has 5 nitrogen and oxygen atoms in total. The molecular formula is C24H31N3O2. The van der Waals surface area contributed by atoms with E-state index in [2.05, 4.69) is 57.2 Å². The molecule has 2 aliphatic heterocycles. The number of amides is 1. The highest BCUT2D eigenvalue weighted by atomic mass is 16.5. The van der Waals surface area contributed by atoms with E-state index in [1.54, 1.807) is 7.11 Å². The van der Waals surface area contributed by atoms with Crippen molar-refractivity contribution in [2.75, 3.05) is 51.3 Å². The van der Waals surface area contributed by atoms with Crippen molar-refractivity contribution in [2.45, 2.75) is 19.4 Å². The Morgan fingerprint density at radius 3 is 2.38 bits per heavy atom. The number of benzene rings is 2. The summed E-state index contributed by atoms with van der Waals surface area (Å²) in [4.78, 5) is 20.0. The van der Waals surface area contributed by atoms with Crippen LogP contribution in [0.3, 0.4) is 0 Å². The minimum Gasteiger partial charge on any atom is -0.497 e. The van der Waals surface area contributed by atoms with E-state index >= 15 is 0 Å². The van der Waals surface area contributed by atoms with Gasteiger partial charge in [0.2, 0.25) is 5.91 Å². The van der Waals surface area contributed by atoms with Crippen LogP contribution >= 0.6 is 0 Å². The van der Waals surface area contributed by atoms with Gasteiger partial charge in [0.05, 0.1) is 13.0 Å². The lowest BCUT2D eigenvalue weighted by molar-refractivity contribution is -0.137. The first-order chi connectivity index (χ1) is 14.2. The topological polar surface area (TPSA) is 36.0 Å². The van der Waals surface area contributed by atoms with Gasteiger partial charge >= 0.3 is 0 Å². The number of anilines is 1. The molecule has 29 heavy (non-hydrogen) atoms. The van der Waals surface area contributed by atoms with Crippen LogP contribution in [0.4, 0.5) is 5.69 Å². The molecule has 2 aliphatic rings. The molecule has 2 aromatic carbocycles. The number of methoxy groups -OCH3 is 1. The smallest absolute Gasteiger partial charge is 0.227 e. The third kappa shape index (κ3) is 4.91. The van der Waals surface area contributed by atoms with E-state index in [-0.39, 0.29) is 5.92 Å². The van der Waals surface area contributed by atoms with Crippen LogP contribution in [-0.4, -0.2) is 62.1 Å². The van der Waals surface area contributed by atoms with Crippen LogP contribution < -0.4 is 9.64 Å². The van der Waals surface area contributed by atoms with E-state index in [1.807, 2.05) is 12.1 Å². The van der Waals surface area contributed by atoms with E-state index in [0.717, 1.165) is 64.4 Å². The molecule has 1 atom stereocenters. The van der Waals surface area contributed by atoms with Gasteiger partial charge in [-0.05, 0) is 49.2 Å². The van der Waals surface area contributed by atoms with Crippen molar-refractivity contribution in [1.82, 2.24) is 9.80 Å². The van der Waals surface area contributed by atoms with Gasteiger partial charge in [0, 0.05) is 45.0 Å². The zero-order valence-electron chi connectivity index (χ0n) is 17.3. The normalized spacial score (nSPS) is 20.5. The number of carbonyl (C=O) groups excluding carboxylic acids is 1. The van der Waals surface area contributed by atoms with Gasteiger partial charge in [0.25, 0.3) is 0 Å². The summed E-state index contributed by atoms with van der Waals surface area (Å²) in [6.07, 6.45) is 2.12. The second-order valence-electron chi connectivity index (χ2n) is 8.07. The van der Waals surface area contributed by atoms with Crippen LogP contribution in [0.2, 0.25) is 0 Å². The molecule has 4 rings (SSSR count). The standard InChI is InChI=1S/C24H31N3O2/c1-29-23-11-9-22(10-12-23)26-14-16-27(17-15-26)24(28)21-8-5-13-25(19-21)18-20-6-3-2-4-7-20/h2-4,6-7,9-12,21H,5,8,13-19H2,1H3. The van der Waals surface area contributed by atoms with Gasteiger partial charge in [-0.25, -0.2) is 0 Å². The fraction of sp³-hybridized carbons (Fsp3) is 0.458. The number of rotatable bonds is 5. The molecular weight excluding hydrogens is 362 g/mol. The zero-order valence-corrected chi connectivity index (χ0v) is 17.3. The van der Waals surface area contributed by atoms with Crippen LogP contribution in [0, 0.1) is 5.92 Å². The number of hydrogen-bond donors (Lipinski definition) is 0. The van der Waals surface area contributed by atoms with Crippen molar-refractivity contribution in [3.8, 4) is 5.75 Å². The molecule has 0 aliphatic carbocycles. The maximum absolute atomic E-state index is 13.1. The van der Waals surface area contributed by atoms with E-state index in [4.69, 9.17) is 4.74 Å². The van der Waals surface area contributed by atoms with Crippen LogP contribution in [0.25, 0.3) is 0 Å². The molecule has 154 valence electrons. The predicted molar refractivity (Wildman–Crippen MR) is 116 cm³/mol. The van der Waals surface area contributed by atoms with E-state index in [1.165, 1.54) is 11.3 Å². The molecule has 2 aromatic rings. The van der Waals surface area contributed by atoms with Crippen LogP contribution in [0.1, 0.15) is 18.4 Å². The molecule has 0 aromatic heterocycles. The molecule has 2 saturated heterocycles. The summed E-state index contributed by atoms with van der Waals surface area (Å²) in [5.41, 5.74) is 2.53. The first-order valence-corrected chi connectivity index (χ1v) is 10.7. The largest absolute Gasteiger partial charge is 0.497 e. The SMILES string of the molecule is COc1ccc(N2CCN(C(=O)C3CCCN(Cc4ccccc4)C3)CC2)cc1. The molecule has 0 spiro atoms. The Morgan fingerprint density at radius 1 is 0.966 bits per heavy atom. The van der Waals surface area contributed by atoms with Crippen molar-refractivity contribution in [2.24, 2.45) is 5.92 Å². The average Bonchev–Trinajstić information content (AvgIpc) is 2.80. The fourth-order valence-corrected chi connectivity index (χ4v) is 4.48. The number of carbonyl (C=O) groups is 1. The molecule has 1 amide bonds. The second-order valence-corrected chi connectivity index (χ2v) is 8.07. The number of ether oxygens (including phenoxy) is 1. The number of nitrogens with zero attached hydrogens (tertiary/aromatic N) is 3. The highest BCUT2D eigenvalue weighted by Gasteiger charge is 2.31. The third-order valence-electron chi connectivity index (χ3n) is 6.13. The predicted octanol–water partition coefficient (Wildman–Crippen LogP) is 3.26. The molecule has 0 bridgehead atoms. The Balaban J connectivity index is 1.29. The Hall–Kier alpha value is -2.53. The Bertz CT molecular complexity index is 786. The fourth-order valence-electron chi connectivity index (χ4n) is 4.48. The highest BCUT2D eigenvalue weighted by Crippen LogP contribution is 2.24. The summed E-state index contributed by atoms with van der Waals surface area (Å²) in [5, 5.41) is 0. The first-order valence-electron chi connectivity index (χ1n) is 10.7. The number of hydrogen-bond acceptors (Lipinski definition) is 4. The van der Waals surface area contributed by atoms with Crippen molar-refractivity contribution >= 4 is 11.6 Å². The lowest BCUT2D eigenvalue weighted by Gasteiger charge is -2.39. The summed E-state index contributed by atoms with van der Waals surface area (Å²) >= 11 is 0. The molecule has 1 unspecified atom stereocenters. The molecule has 2 heterocycles.